The van der Waals surface area contributed by atoms with Gasteiger partial charge in [0.1, 0.15) is 0 Å². The number of hydrogen-bond donors (Lipinski definition) is 1. The Morgan fingerprint density at radius 1 is 1.23 bits per heavy atom. The fraction of sp³-hybridized carbons (Fsp3) is 0.391. The van der Waals surface area contributed by atoms with Gasteiger partial charge >= 0.3 is 0 Å². The van der Waals surface area contributed by atoms with Crippen LogP contribution in [0, 0.1) is 0 Å². The molecule has 3 aromatic rings. The van der Waals surface area contributed by atoms with Crippen molar-refractivity contribution >= 4 is 37.2 Å². The third kappa shape index (κ3) is 4.97. The number of rotatable bonds is 7. The molecule has 1 amide bonds. The maximum absolute atomic E-state index is 13.1. The van der Waals surface area contributed by atoms with Gasteiger partial charge in [-0.15, -0.1) is 11.3 Å². The van der Waals surface area contributed by atoms with Crippen LogP contribution in [-0.2, 0) is 21.1 Å². The number of ether oxygens (including phenoxy) is 1. The van der Waals surface area contributed by atoms with E-state index in [1.54, 1.807) is 36.7 Å². The molecule has 31 heavy (non-hydrogen) atoms. The smallest absolute Gasteiger partial charge is 0.261 e. The van der Waals surface area contributed by atoms with E-state index in [1.807, 2.05) is 19.1 Å². The number of aromatic nitrogens is 1. The van der Waals surface area contributed by atoms with Gasteiger partial charge in [0.05, 0.1) is 25.8 Å². The first-order valence-corrected chi connectivity index (χ1v) is 12.9. The average molecular weight is 459 g/mol. The standard InChI is InChI=1S/C23H26N2O4S2/c1-2-29-18-4-3-5-20(13-18)31(27,28)19-8-6-16(7-9-19)14-25-23(26)21-12-17-10-11-24-15-22(17)30-21/h6-12,15,18,20H,2-5,13-14H2,1H3,(H,25,26). The Morgan fingerprint density at radius 3 is 2.77 bits per heavy atom. The van der Waals surface area contributed by atoms with E-state index in [9.17, 15) is 13.2 Å². The summed E-state index contributed by atoms with van der Waals surface area (Å²) in [5.74, 6) is -0.151. The van der Waals surface area contributed by atoms with Crippen LogP contribution in [0.4, 0.5) is 0 Å². The zero-order valence-corrected chi connectivity index (χ0v) is 19.0. The van der Waals surface area contributed by atoms with Crippen LogP contribution in [0.2, 0.25) is 0 Å². The number of amides is 1. The normalized spacial score (nSPS) is 19.4. The summed E-state index contributed by atoms with van der Waals surface area (Å²) in [4.78, 5) is 17.5. The van der Waals surface area contributed by atoms with Crippen LogP contribution in [0.15, 0.2) is 53.7 Å². The van der Waals surface area contributed by atoms with Gasteiger partial charge in [0.15, 0.2) is 9.84 Å². The van der Waals surface area contributed by atoms with Crippen LogP contribution in [0.1, 0.15) is 47.8 Å². The molecule has 1 aliphatic rings. The first-order valence-electron chi connectivity index (χ1n) is 10.5. The zero-order valence-electron chi connectivity index (χ0n) is 17.4. The molecule has 2 heterocycles. The van der Waals surface area contributed by atoms with Crippen molar-refractivity contribution in [3.05, 3.63) is 59.2 Å². The van der Waals surface area contributed by atoms with Crippen LogP contribution in [0.25, 0.3) is 10.1 Å². The number of benzene rings is 1. The number of fused-ring (bicyclic) bond motifs is 1. The highest BCUT2D eigenvalue weighted by molar-refractivity contribution is 7.92. The Bertz CT molecular complexity index is 1120. The van der Waals surface area contributed by atoms with Crippen LogP contribution < -0.4 is 5.32 Å². The highest BCUT2D eigenvalue weighted by atomic mass is 32.2. The van der Waals surface area contributed by atoms with Crippen molar-refractivity contribution in [1.29, 1.82) is 0 Å². The molecule has 0 bridgehead atoms. The maximum Gasteiger partial charge on any atom is 0.261 e. The summed E-state index contributed by atoms with van der Waals surface area (Å²) in [6.45, 7) is 2.88. The minimum atomic E-state index is -3.39. The summed E-state index contributed by atoms with van der Waals surface area (Å²) in [7, 11) is -3.39. The van der Waals surface area contributed by atoms with Crippen LogP contribution >= 0.6 is 11.3 Å². The lowest BCUT2D eigenvalue weighted by atomic mass is 9.97. The molecule has 2 unspecified atom stereocenters. The highest BCUT2D eigenvalue weighted by Gasteiger charge is 2.33. The number of carbonyl (C=O) groups excluding carboxylic acids is 1. The van der Waals surface area contributed by atoms with Gasteiger partial charge in [-0.3, -0.25) is 9.78 Å². The van der Waals surface area contributed by atoms with E-state index in [0.29, 0.717) is 35.8 Å². The molecule has 1 fully saturated rings. The molecule has 6 nitrogen and oxygen atoms in total. The van der Waals surface area contributed by atoms with E-state index in [0.717, 1.165) is 28.5 Å². The van der Waals surface area contributed by atoms with Crippen molar-refractivity contribution in [2.24, 2.45) is 0 Å². The fourth-order valence-corrected chi connectivity index (χ4v) is 6.82. The molecule has 0 aliphatic heterocycles. The van der Waals surface area contributed by atoms with Gasteiger partial charge in [-0.2, -0.15) is 0 Å². The van der Waals surface area contributed by atoms with Crippen molar-refractivity contribution in [3.63, 3.8) is 0 Å². The molecule has 1 aromatic carbocycles. The zero-order chi connectivity index (χ0) is 21.8. The highest BCUT2D eigenvalue weighted by Crippen LogP contribution is 2.30. The number of sulfone groups is 1. The number of carbonyl (C=O) groups is 1. The van der Waals surface area contributed by atoms with Crippen molar-refractivity contribution in [2.75, 3.05) is 6.61 Å². The molecule has 8 heteroatoms. The summed E-state index contributed by atoms with van der Waals surface area (Å²) in [6, 6.07) is 10.6. The first kappa shape index (κ1) is 21.9. The molecule has 1 saturated carbocycles. The Balaban J connectivity index is 1.39. The predicted molar refractivity (Wildman–Crippen MR) is 122 cm³/mol. The summed E-state index contributed by atoms with van der Waals surface area (Å²) >= 11 is 1.40. The molecule has 0 spiro atoms. The summed E-state index contributed by atoms with van der Waals surface area (Å²) in [5.41, 5.74) is 0.853. The Labute approximate surface area is 186 Å². The summed E-state index contributed by atoms with van der Waals surface area (Å²) in [6.07, 6.45) is 6.50. The van der Waals surface area contributed by atoms with Gasteiger partial charge in [-0.25, -0.2) is 8.42 Å². The van der Waals surface area contributed by atoms with E-state index in [4.69, 9.17) is 4.74 Å². The van der Waals surface area contributed by atoms with E-state index in [1.165, 1.54) is 11.3 Å². The Kier molecular flexibility index (Phi) is 6.69. The van der Waals surface area contributed by atoms with Crippen LogP contribution in [-0.4, -0.2) is 37.3 Å². The fourth-order valence-electron chi connectivity index (χ4n) is 4.03. The van der Waals surface area contributed by atoms with Crippen molar-refractivity contribution < 1.29 is 17.9 Å². The van der Waals surface area contributed by atoms with E-state index < -0.39 is 15.1 Å². The lowest BCUT2D eigenvalue weighted by Gasteiger charge is -2.28. The van der Waals surface area contributed by atoms with Crippen LogP contribution in [0.5, 0.6) is 0 Å². The average Bonchev–Trinajstić information content (AvgIpc) is 3.23. The maximum atomic E-state index is 13.1. The monoisotopic (exact) mass is 458 g/mol. The van der Waals surface area contributed by atoms with Gasteiger partial charge in [0, 0.05) is 25.5 Å². The summed E-state index contributed by atoms with van der Waals surface area (Å²) < 4.78 is 32.7. The Morgan fingerprint density at radius 2 is 2.03 bits per heavy atom. The van der Waals surface area contributed by atoms with Gasteiger partial charge in [-0.1, -0.05) is 12.1 Å². The van der Waals surface area contributed by atoms with Gasteiger partial charge in [0.2, 0.25) is 0 Å². The molecule has 4 rings (SSSR count). The quantitative estimate of drug-likeness (QED) is 0.569. The second-order valence-corrected chi connectivity index (χ2v) is 11.1. The molecular formula is C23H26N2O4S2. The minimum Gasteiger partial charge on any atom is -0.378 e. The lowest BCUT2D eigenvalue weighted by molar-refractivity contribution is 0.0377. The lowest BCUT2D eigenvalue weighted by Crippen LogP contribution is -2.32. The number of nitrogens with zero attached hydrogens (tertiary/aromatic N) is 1. The molecule has 0 saturated heterocycles. The molecule has 164 valence electrons. The van der Waals surface area contributed by atoms with E-state index >= 15 is 0 Å². The van der Waals surface area contributed by atoms with E-state index in [-0.39, 0.29) is 12.0 Å². The molecule has 2 aromatic heterocycles. The number of hydrogen-bond acceptors (Lipinski definition) is 6. The van der Waals surface area contributed by atoms with Crippen molar-refractivity contribution in [2.45, 2.75) is 55.4 Å². The number of nitrogens with one attached hydrogen (secondary N) is 1. The van der Waals surface area contributed by atoms with Crippen molar-refractivity contribution in [1.82, 2.24) is 10.3 Å². The minimum absolute atomic E-state index is 0.0256. The largest absolute Gasteiger partial charge is 0.378 e. The predicted octanol–water partition coefficient (Wildman–Crippen LogP) is 4.35. The van der Waals surface area contributed by atoms with Gasteiger partial charge < -0.3 is 10.1 Å². The third-order valence-corrected chi connectivity index (χ3v) is 8.99. The second kappa shape index (κ2) is 9.46. The summed E-state index contributed by atoms with van der Waals surface area (Å²) in [5, 5.41) is 3.50. The first-order chi connectivity index (χ1) is 15.0. The molecule has 1 aliphatic carbocycles. The number of pyridine rings is 1. The van der Waals surface area contributed by atoms with E-state index in [2.05, 4.69) is 10.3 Å². The third-order valence-electron chi connectivity index (χ3n) is 5.67. The van der Waals surface area contributed by atoms with Gasteiger partial charge in [-0.05, 0) is 67.8 Å². The SMILES string of the molecule is CCOC1CCCC(S(=O)(=O)c2ccc(CNC(=O)c3cc4ccncc4s3)cc2)C1. The molecule has 0 radical (unpaired) electrons. The molecular weight excluding hydrogens is 432 g/mol. The molecule has 1 N–H and O–H groups in total. The second-order valence-electron chi connectivity index (χ2n) is 7.76. The Hall–Kier alpha value is -2.29. The number of thiophene rings is 1. The topological polar surface area (TPSA) is 85.4 Å². The molecule has 2 atom stereocenters. The van der Waals surface area contributed by atoms with Gasteiger partial charge in [0.25, 0.3) is 5.91 Å². The van der Waals surface area contributed by atoms with Crippen LogP contribution in [0.3, 0.4) is 0 Å². The van der Waals surface area contributed by atoms with Crippen molar-refractivity contribution in [3.8, 4) is 0 Å².